The standard InChI is InChI=1S/C16H23ClN2O/c1-11(2)14(12-5-7-13(17)8-6-12)19-15(20)16(18)9-3-4-10-16/h5-8,11,14H,3-4,9-10,18H2,1-2H3,(H,19,20). The quantitative estimate of drug-likeness (QED) is 0.894. The van der Waals surface area contributed by atoms with E-state index < -0.39 is 5.54 Å². The molecule has 1 aromatic rings. The molecule has 110 valence electrons. The van der Waals surface area contributed by atoms with E-state index in [0.717, 1.165) is 31.2 Å². The van der Waals surface area contributed by atoms with Crippen LogP contribution in [0, 0.1) is 5.92 Å². The minimum atomic E-state index is -0.681. The first-order valence-corrected chi connectivity index (χ1v) is 7.65. The number of carbonyl (C=O) groups is 1. The summed E-state index contributed by atoms with van der Waals surface area (Å²) < 4.78 is 0. The average Bonchev–Trinajstić information content (AvgIpc) is 2.85. The Bertz CT molecular complexity index is 464. The van der Waals surface area contributed by atoms with E-state index in [2.05, 4.69) is 19.2 Å². The highest BCUT2D eigenvalue weighted by Crippen LogP contribution is 2.30. The van der Waals surface area contributed by atoms with Gasteiger partial charge in [0.1, 0.15) is 0 Å². The van der Waals surface area contributed by atoms with E-state index in [9.17, 15) is 4.79 Å². The Morgan fingerprint density at radius 1 is 1.25 bits per heavy atom. The van der Waals surface area contributed by atoms with Gasteiger partial charge >= 0.3 is 0 Å². The van der Waals surface area contributed by atoms with Gasteiger partial charge in [0.2, 0.25) is 5.91 Å². The largest absolute Gasteiger partial charge is 0.347 e. The molecule has 0 heterocycles. The van der Waals surface area contributed by atoms with Crippen LogP contribution in [0.4, 0.5) is 0 Å². The van der Waals surface area contributed by atoms with Crippen LogP contribution in [0.2, 0.25) is 5.02 Å². The third kappa shape index (κ3) is 3.33. The summed E-state index contributed by atoms with van der Waals surface area (Å²) in [6.45, 7) is 4.19. The molecule has 1 aromatic carbocycles. The minimum Gasteiger partial charge on any atom is -0.347 e. The normalized spacial score (nSPS) is 19.1. The smallest absolute Gasteiger partial charge is 0.240 e. The summed E-state index contributed by atoms with van der Waals surface area (Å²) in [4.78, 5) is 12.5. The van der Waals surface area contributed by atoms with E-state index >= 15 is 0 Å². The van der Waals surface area contributed by atoms with Gasteiger partial charge in [-0.05, 0) is 36.5 Å². The molecule has 3 N–H and O–H groups in total. The second-order valence-electron chi connectivity index (χ2n) is 6.11. The molecule has 1 unspecified atom stereocenters. The van der Waals surface area contributed by atoms with Gasteiger partial charge in [-0.3, -0.25) is 4.79 Å². The monoisotopic (exact) mass is 294 g/mol. The molecule has 0 saturated heterocycles. The van der Waals surface area contributed by atoms with Crippen LogP contribution in [0.1, 0.15) is 51.1 Å². The number of carbonyl (C=O) groups excluding carboxylic acids is 1. The van der Waals surface area contributed by atoms with Crippen molar-refractivity contribution in [3.8, 4) is 0 Å². The van der Waals surface area contributed by atoms with E-state index in [1.807, 2.05) is 24.3 Å². The molecule has 20 heavy (non-hydrogen) atoms. The van der Waals surface area contributed by atoms with Crippen LogP contribution < -0.4 is 11.1 Å². The van der Waals surface area contributed by atoms with E-state index in [4.69, 9.17) is 17.3 Å². The third-order valence-electron chi connectivity index (χ3n) is 4.13. The SMILES string of the molecule is CC(C)C(NC(=O)C1(N)CCCC1)c1ccc(Cl)cc1. The number of rotatable bonds is 4. The molecule has 0 radical (unpaired) electrons. The van der Waals surface area contributed by atoms with Crippen molar-refractivity contribution in [3.63, 3.8) is 0 Å². The lowest BCUT2D eigenvalue weighted by atomic mass is 9.92. The first-order chi connectivity index (χ1) is 9.42. The van der Waals surface area contributed by atoms with Crippen LogP contribution in [0.3, 0.4) is 0 Å². The topological polar surface area (TPSA) is 55.1 Å². The number of hydrogen-bond donors (Lipinski definition) is 2. The first-order valence-electron chi connectivity index (χ1n) is 7.28. The fraction of sp³-hybridized carbons (Fsp3) is 0.562. The van der Waals surface area contributed by atoms with Crippen LogP contribution in [0.25, 0.3) is 0 Å². The number of halogens is 1. The molecule has 1 atom stereocenters. The van der Waals surface area contributed by atoms with Crippen molar-refractivity contribution in [1.29, 1.82) is 0 Å². The molecule has 2 rings (SSSR count). The molecule has 0 aromatic heterocycles. The molecular weight excluding hydrogens is 272 g/mol. The Morgan fingerprint density at radius 2 is 1.80 bits per heavy atom. The molecule has 1 aliphatic carbocycles. The van der Waals surface area contributed by atoms with E-state index in [1.54, 1.807) is 0 Å². The van der Waals surface area contributed by atoms with Crippen molar-refractivity contribution < 1.29 is 4.79 Å². The molecule has 1 amide bonds. The van der Waals surface area contributed by atoms with Gasteiger partial charge < -0.3 is 11.1 Å². The molecule has 0 bridgehead atoms. The van der Waals surface area contributed by atoms with Crippen LogP contribution >= 0.6 is 11.6 Å². The Labute approximate surface area is 125 Å². The summed E-state index contributed by atoms with van der Waals surface area (Å²) in [5.74, 6) is 0.272. The highest BCUT2D eigenvalue weighted by atomic mass is 35.5. The van der Waals surface area contributed by atoms with Crippen molar-refractivity contribution in [1.82, 2.24) is 5.32 Å². The maximum Gasteiger partial charge on any atom is 0.240 e. The fourth-order valence-electron chi connectivity index (χ4n) is 2.82. The van der Waals surface area contributed by atoms with E-state index in [0.29, 0.717) is 10.9 Å². The average molecular weight is 295 g/mol. The lowest BCUT2D eigenvalue weighted by Gasteiger charge is -2.29. The van der Waals surface area contributed by atoms with Crippen molar-refractivity contribution >= 4 is 17.5 Å². The van der Waals surface area contributed by atoms with Crippen LogP contribution in [-0.4, -0.2) is 11.4 Å². The molecule has 0 aliphatic heterocycles. The van der Waals surface area contributed by atoms with Gasteiger partial charge in [-0.25, -0.2) is 0 Å². The van der Waals surface area contributed by atoms with Gasteiger partial charge in [0.15, 0.2) is 0 Å². The number of amides is 1. The molecular formula is C16H23ClN2O. The zero-order valence-electron chi connectivity index (χ0n) is 12.2. The van der Waals surface area contributed by atoms with Crippen molar-refractivity contribution in [2.45, 2.75) is 51.1 Å². The van der Waals surface area contributed by atoms with Crippen molar-refractivity contribution in [2.24, 2.45) is 11.7 Å². The fourth-order valence-corrected chi connectivity index (χ4v) is 2.95. The number of nitrogens with one attached hydrogen (secondary N) is 1. The second-order valence-corrected chi connectivity index (χ2v) is 6.55. The van der Waals surface area contributed by atoms with Gasteiger partial charge in [0, 0.05) is 5.02 Å². The summed E-state index contributed by atoms with van der Waals surface area (Å²) in [7, 11) is 0. The summed E-state index contributed by atoms with van der Waals surface area (Å²) in [5.41, 5.74) is 6.61. The lowest BCUT2D eigenvalue weighted by molar-refractivity contribution is -0.127. The molecule has 1 saturated carbocycles. The summed E-state index contributed by atoms with van der Waals surface area (Å²) >= 11 is 5.92. The maximum atomic E-state index is 12.5. The highest BCUT2D eigenvalue weighted by molar-refractivity contribution is 6.30. The number of nitrogens with two attached hydrogens (primary N) is 1. The lowest BCUT2D eigenvalue weighted by Crippen LogP contribution is -2.53. The Kier molecular flexibility index (Phi) is 4.71. The Morgan fingerprint density at radius 3 is 2.30 bits per heavy atom. The van der Waals surface area contributed by atoms with Gasteiger partial charge in [0.25, 0.3) is 0 Å². The van der Waals surface area contributed by atoms with Crippen molar-refractivity contribution in [2.75, 3.05) is 0 Å². The third-order valence-corrected chi connectivity index (χ3v) is 4.38. The predicted molar refractivity (Wildman–Crippen MR) is 82.6 cm³/mol. The summed E-state index contributed by atoms with van der Waals surface area (Å²) in [6.07, 6.45) is 3.64. The van der Waals surface area contributed by atoms with Gasteiger partial charge in [-0.2, -0.15) is 0 Å². The Balaban J connectivity index is 2.13. The van der Waals surface area contributed by atoms with Gasteiger partial charge in [-0.15, -0.1) is 0 Å². The van der Waals surface area contributed by atoms with E-state index in [1.165, 1.54) is 0 Å². The van der Waals surface area contributed by atoms with Gasteiger partial charge in [-0.1, -0.05) is 50.4 Å². The summed E-state index contributed by atoms with van der Waals surface area (Å²) in [5, 5.41) is 3.83. The van der Waals surface area contributed by atoms with Crippen LogP contribution in [0.5, 0.6) is 0 Å². The highest BCUT2D eigenvalue weighted by Gasteiger charge is 2.38. The molecule has 1 aliphatic rings. The minimum absolute atomic E-state index is 0.0244. The first kappa shape index (κ1) is 15.3. The molecule has 4 heteroatoms. The van der Waals surface area contributed by atoms with Crippen molar-refractivity contribution in [3.05, 3.63) is 34.9 Å². The Hall–Kier alpha value is -1.06. The molecule has 3 nitrogen and oxygen atoms in total. The molecule has 0 spiro atoms. The van der Waals surface area contributed by atoms with Crippen LogP contribution in [0.15, 0.2) is 24.3 Å². The zero-order chi connectivity index (χ0) is 14.8. The van der Waals surface area contributed by atoms with Crippen LogP contribution in [-0.2, 0) is 4.79 Å². The maximum absolute atomic E-state index is 12.5. The summed E-state index contributed by atoms with van der Waals surface area (Å²) in [6, 6.07) is 7.61. The number of hydrogen-bond acceptors (Lipinski definition) is 2. The zero-order valence-corrected chi connectivity index (χ0v) is 12.9. The molecule has 1 fully saturated rings. The van der Waals surface area contributed by atoms with E-state index in [-0.39, 0.29) is 11.9 Å². The predicted octanol–water partition coefficient (Wildman–Crippen LogP) is 3.42. The second kappa shape index (κ2) is 6.15. The van der Waals surface area contributed by atoms with Gasteiger partial charge in [0.05, 0.1) is 11.6 Å². The number of benzene rings is 1.